The molecule has 1 atom stereocenters. The molecule has 1 aliphatic heterocycles. The lowest BCUT2D eigenvalue weighted by molar-refractivity contribution is -0.130. The van der Waals surface area contributed by atoms with Gasteiger partial charge in [-0.25, -0.2) is 0 Å². The van der Waals surface area contributed by atoms with Gasteiger partial charge in [-0.1, -0.05) is 0 Å². The van der Waals surface area contributed by atoms with Crippen LogP contribution in [0.4, 0.5) is 0 Å². The Morgan fingerprint density at radius 3 is 2.81 bits per heavy atom. The highest BCUT2D eigenvalue weighted by atomic mass is 16.2. The third-order valence-electron chi connectivity index (χ3n) is 3.94. The second kappa shape index (κ2) is 6.70. The third kappa shape index (κ3) is 4.03. The van der Waals surface area contributed by atoms with E-state index in [1.807, 2.05) is 17.2 Å². The fraction of sp³-hybridized carbons (Fsp3) is 0.562. The lowest BCUT2D eigenvalue weighted by atomic mass is 9.91. The number of carbonyl (C=O) groups excluding carboxylic acids is 2. The van der Waals surface area contributed by atoms with E-state index in [2.05, 4.69) is 4.98 Å². The summed E-state index contributed by atoms with van der Waals surface area (Å²) < 4.78 is 0. The Morgan fingerprint density at radius 2 is 2.14 bits per heavy atom. The van der Waals surface area contributed by atoms with Crippen LogP contribution in [-0.4, -0.2) is 53.8 Å². The number of rotatable bonds is 3. The van der Waals surface area contributed by atoms with Gasteiger partial charge in [0.1, 0.15) is 0 Å². The van der Waals surface area contributed by atoms with Crippen LogP contribution >= 0.6 is 0 Å². The fourth-order valence-electron chi connectivity index (χ4n) is 2.83. The summed E-state index contributed by atoms with van der Waals surface area (Å²) in [4.78, 5) is 31.1. The van der Waals surface area contributed by atoms with Crippen LogP contribution in [0.25, 0.3) is 0 Å². The van der Waals surface area contributed by atoms with Crippen LogP contribution in [0, 0.1) is 5.92 Å². The minimum Gasteiger partial charge on any atom is -0.345 e. The highest BCUT2D eigenvalue weighted by molar-refractivity contribution is 5.93. The maximum absolute atomic E-state index is 12.0. The van der Waals surface area contributed by atoms with Gasteiger partial charge in [0.25, 0.3) is 5.91 Å². The lowest BCUT2D eigenvalue weighted by Gasteiger charge is -2.32. The molecule has 1 unspecified atom stereocenters. The maximum atomic E-state index is 12.0. The molecule has 2 heterocycles. The first kappa shape index (κ1) is 15.5. The van der Waals surface area contributed by atoms with E-state index in [0.29, 0.717) is 11.5 Å². The molecule has 2 amide bonds. The van der Waals surface area contributed by atoms with Crippen molar-refractivity contribution >= 4 is 11.8 Å². The quantitative estimate of drug-likeness (QED) is 0.849. The summed E-state index contributed by atoms with van der Waals surface area (Å²) in [5.74, 6) is 0.571. The number of nitrogens with zero attached hydrogens (tertiary/aromatic N) is 3. The molecule has 0 aromatic carbocycles. The Bertz CT molecular complexity index is 528. The molecule has 2 rings (SSSR count). The molecular weight excluding hydrogens is 266 g/mol. The van der Waals surface area contributed by atoms with Crippen molar-refractivity contribution in [2.75, 3.05) is 27.2 Å². The van der Waals surface area contributed by atoms with Gasteiger partial charge in [0, 0.05) is 46.5 Å². The van der Waals surface area contributed by atoms with Gasteiger partial charge in [-0.2, -0.15) is 0 Å². The molecule has 0 saturated carbocycles. The zero-order valence-electron chi connectivity index (χ0n) is 13.0. The van der Waals surface area contributed by atoms with E-state index in [4.69, 9.17) is 0 Å². The van der Waals surface area contributed by atoms with E-state index in [1.54, 1.807) is 32.1 Å². The van der Waals surface area contributed by atoms with Gasteiger partial charge in [0.05, 0.1) is 5.56 Å². The van der Waals surface area contributed by atoms with Crippen molar-refractivity contribution in [3.05, 3.63) is 29.6 Å². The topological polar surface area (TPSA) is 53.5 Å². The molecule has 1 aromatic heterocycles. The van der Waals surface area contributed by atoms with Gasteiger partial charge < -0.3 is 9.80 Å². The van der Waals surface area contributed by atoms with Crippen LogP contribution < -0.4 is 0 Å². The Kier molecular flexibility index (Phi) is 4.94. The molecule has 0 spiro atoms. The Hall–Kier alpha value is -1.91. The molecule has 0 radical (unpaired) electrons. The van der Waals surface area contributed by atoms with Gasteiger partial charge in [-0.05, 0) is 36.8 Å². The molecule has 0 bridgehead atoms. The van der Waals surface area contributed by atoms with E-state index in [-0.39, 0.29) is 11.8 Å². The first-order valence-corrected chi connectivity index (χ1v) is 7.38. The SMILES string of the molecule is CC(=O)N1CCCC(Cc2cncc(C(=O)N(C)C)c2)C1. The minimum absolute atomic E-state index is 0.0293. The van der Waals surface area contributed by atoms with Crippen LogP contribution in [0.5, 0.6) is 0 Å². The summed E-state index contributed by atoms with van der Waals surface area (Å²) in [7, 11) is 3.47. The van der Waals surface area contributed by atoms with Crippen molar-refractivity contribution in [3.63, 3.8) is 0 Å². The molecule has 1 saturated heterocycles. The largest absolute Gasteiger partial charge is 0.345 e. The number of carbonyl (C=O) groups is 2. The molecule has 114 valence electrons. The molecule has 21 heavy (non-hydrogen) atoms. The van der Waals surface area contributed by atoms with Crippen LogP contribution in [-0.2, 0) is 11.2 Å². The first-order chi connectivity index (χ1) is 9.97. The summed E-state index contributed by atoms with van der Waals surface area (Å²) in [5.41, 5.74) is 1.69. The molecule has 0 aliphatic carbocycles. The normalized spacial score (nSPS) is 18.4. The Balaban J connectivity index is 2.04. The summed E-state index contributed by atoms with van der Waals surface area (Å²) >= 11 is 0. The van der Waals surface area contributed by atoms with Crippen molar-refractivity contribution in [2.45, 2.75) is 26.2 Å². The van der Waals surface area contributed by atoms with Crippen LogP contribution in [0.1, 0.15) is 35.7 Å². The van der Waals surface area contributed by atoms with Crippen molar-refractivity contribution in [3.8, 4) is 0 Å². The van der Waals surface area contributed by atoms with Crippen LogP contribution in [0.15, 0.2) is 18.5 Å². The molecule has 0 N–H and O–H groups in total. The van der Waals surface area contributed by atoms with E-state index in [0.717, 1.165) is 37.9 Å². The monoisotopic (exact) mass is 289 g/mol. The Morgan fingerprint density at radius 1 is 1.38 bits per heavy atom. The zero-order valence-corrected chi connectivity index (χ0v) is 13.0. The van der Waals surface area contributed by atoms with Crippen LogP contribution in [0.3, 0.4) is 0 Å². The van der Waals surface area contributed by atoms with Crippen molar-refractivity contribution in [2.24, 2.45) is 5.92 Å². The van der Waals surface area contributed by atoms with Crippen molar-refractivity contribution < 1.29 is 9.59 Å². The maximum Gasteiger partial charge on any atom is 0.254 e. The van der Waals surface area contributed by atoms with E-state index in [9.17, 15) is 9.59 Å². The minimum atomic E-state index is -0.0293. The molecule has 1 aliphatic rings. The van der Waals surface area contributed by atoms with Gasteiger partial charge >= 0.3 is 0 Å². The number of pyridine rings is 1. The molecule has 5 heteroatoms. The Labute approximate surface area is 126 Å². The second-order valence-corrected chi connectivity index (χ2v) is 5.96. The predicted molar refractivity (Wildman–Crippen MR) is 80.9 cm³/mol. The summed E-state index contributed by atoms with van der Waals surface area (Å²) in [6.45, 7) is 3.30. The zero-order chi connectivity index (χ0) is 15.4. The van der Waals surface area contributed by atoms with Gasteiger partial charge in [-0.15, -0.1) is 0 Å². The molecule has 1 aromatic rings. The number of aromatic nitrogens is 1. The number of hydrogen-bond donors (Lipinski definition) is 0. The smallest absolute Gasteiger partial charge is 0.254 e. The number of likely N-dealkylation sites (tertiary alicyclic amines) is 1. The fourth-order valence-corrected chi connectivity index (χ4v) is 2.83. The van der Waals surface area contributed by atoms with Gasteiger partial charge in [0.2, 0.25) is 5.91 Å². The summed E-state index contributed by atoms with van der Waals surface area (Å²) in [6.07, 6.45) is 6.46. The van der Waals surface area contributed by atoms with Gasteiger partial charge in [-0.3, -0.25) is 14.6 Å². The first-order valence-electron chi connectivity index (χ1n) is 7.38. The molecular formula is C16H23N3O2. The van der Waals surface area contributed by atoms with Gasteiger partial charge in [0.15, 0.2) is 0 Å². The van der Waals surface area contributed by atoms with Crippen molar-refractivity contribution in [1.29, 1.82) is 0 Å². The highest BCUT2D eigenvalue weighted by Gasteiger charge is 2.22. The van der Waals surface area contributed by atoms with E-state index < -0.39 is 0 Å². The standard InChI is InChI=1S/C16H23N3O2/c1-12(20)19-6-4-5-13(11-19)7-14-8-15(10-17-9-14)16(21)18(2)3/h8-10,13H,4-7,11H2,1-3H3. The van der Waals surface area contributed by atoms with Crippen molar-refractivity contribution in [1.82, 2.24) is 14.8 Å². The molecule has 5 nitrogen and oxygen atoms in total. The number of amides is 2. The lowest BCUT2D eigenvalue weighted by Crippen LogP contribution is -2.39. The second-order valence-electron chi connectivity index (χ2n) is 5.96. The van der Waals surface area contributed by atoms with E-state index in [1.165, 1.54) is 0 Å². The average molecular weight is 289 g/mol. The number of hydrogen-bond acceptors (Lipinski definition) is 3. The molecule has 1 fully saturated rings. The number of piperidine rings is 1. The highest BCUT2D eigenvalue weighted by Crippen LogP contribution is 2.21. The summed E-state index contributed by atoms with van der Waals surface area (Å²) in [5, 5.41) is 0. The average Bonchev–Trinajstić information content (AvgIpc) is 2.47. The predicted octanol–water partition coefficient (Wildman–Crippen LogP) is 1.58. The summed E-state index contributed by atoms with van der Waals surface area (Å²) in [6, 6.07) is 1.92. The third-order valence-corrected chi connectivity index (χ3v) is 3.94. The van der Waals surface area contributed by atoms with E-state index >= 15 is 0 Å². The van der Waals surface area contributed by atoms with Crippen LogP contribution in [0.2, 0.25) is 0 Å².